The third kappa shape index (κ3) is 5.85. The van der Waals surface area contributed by atoms with Gasteiger partial charge in [0.05, 0.1) is 5.39 Å². The lowest BCUT2D eigenvalue weighted by atomic mass is 9.81. The van der Waals surface area contributed by atoms with Crippen LogP contribution in [0.25, 0.3) is 10.2 Å². The van der Waals surface area contributed by atoms with Crippen LogP contribution in [0.3, 0.4) is 0 Å². The van der Waals surface area contributed by atoms with Crippen molar-refractivity contribution < 1.29 is 14.3 Å². The van der Waals surface area contributed by atoms with Crippen molar-refractivity contribution >= 4 is 51.1 Å². The molecule has 2 aliphatic rings. The van der Waals surface area contributed by atoms with E-state index >= 15 is 0 Å². The van der Waals surface area contributed by atoms with E-state index in [0.29, 0.717) is 17.6 Å². The number of hydrogen-bond acceptors (Lipinski definition) is 9. The molecule has 0 saturated carbocycles. The number of H-pyrrole nitrogens is 1. The van der Waals surface area contributed by atoms with Gasteiger partial charge in [-0.15, -0.1) is 11.3 Å². The Labute approximate surface area is 226 Å². The number of amides is 2. The van der Waals surface area contributed by atoms with Crippen LogP contribution in [-0.4, -0.2) is 79.3 Å². The van der Waals surface area contributed by atoms with Crippen molar-refractivity contribution in [2.45, 2.75) is 83.5 Å². The number of aromatic amines is 1. The lowest BCUT2D eigenvalue weighted by Gasteiger charge is -2.49. The van der Waals surface area contributed by atoms with Crippen LogP contribution < -0.4 is 10.6 Å². The molecule has 3 atom stereocenters. The molecule has 3 aromatic rings. The van der Waals surface area contributed by atoms with Gasteiger partial charge in [0.15, 0.2) is 5.82 Å². The van der Waals surface area contributed by atoms with Crippen LogP contribution in [0.4, 0.5) is 22.4 Å². The van der Waals surface area contributed by atoms with Gasteiger partial charge in [0.2, 0.25) is 11.9 Å². The molecule has 0 aliphatic carbocycles. The van der Waals surface area contributed by atoms with Crippen molar-refractivity contribution in [1.29, 1.82) is 0 Å². The molecule has 3 N–H and O–H groups in total. The van der Waals surface area contributed by atoms with Gasteiger partial charge in [-0.3, -0.25) is 9.89 Å². The van der Waals surface area contributed by atoms with Crippen LogP contribution in [0.1, 0.15) is 58.6 Å². The summed E-state index contributed by atoms with van der Waals surface area (Å²) in [6.07, 6.45) is 4.14. The lowest BCUT2D eigenvalue weighted by molar-refractivity contribution is -0.141. The molecule has 38 heavy (non-hydrogen) atoms. The number of hydrogen-bond donors (Lipinski definition) is 3. The SMILES string of the molecule is Cc1cc(Nc2nc(NC3C[C@H]4CCC[C@@H](C3)N4C(=O)CN(C)C(=O)OC(C)(C)C)nc3sccc23)n[nH]1. The van der Waals surface area contributed by atoms with Crippen molar-refractivity contribution in [2.24, 2.45) is 0 Å². The third-order valence-electron chi connectivity index (χ3n) is 6.95. The van der Waals surface area contributed by atoms with Crippen molar-refractivity contribution in [3.63, 3.8) is 0 Å². The highest BCUT2D eigenvalue weighted by Gasteiger charge is 2.41. The van der Waals surface area contributed by atoms with Crippen molar-refractivity contribution in [2.75, 3.05) is 24.2 Å². The Bertz CT molecular complexity index is 1300. The smallest absolute Gasteiger partial charge is 0.410 e. The van der Waals surface area contributed by atoms with E-state index in [4.69, 9.17) is 14.7 Å². The summed E-state index contributed by atoms with van der Waals surface area (Å²) in [7, 11) is 1.62. The first-order valence-electron chi connectivity index (χ1n) is 13.1. The number of ether oxygens (including phenoxy) is 1. The first-order valence-corrected chi connectivity index (χ1v) is 14.0. The molecule has 3 aromatic heterocycles. The minimum Gasteiger partial charge on any atom is -0.444 e. The standard InChI is InChI=1S/C26H36N8O3S/c1-15-11-20(32-31-15)28-22-19-9-10-38-23(19)30-24(29-22)27-16-12-17-7-6-8-18(13-16)34(17)21(35)14-33(5)25(36)37-26(2,3)4/h9-11,16-18H,6-8,12-14H2,1-5H3,(H3,27,28,29,30,31,32)/t16?,17-,18+. The highest BCUT2D eigenvalue weighted by Crippen LogP contribution is 2.36. The van der Waals surface area contributed by atoms with E-state index in [9.17, 15) is 9.59 Å². The van der Waals surface area contributed by atoms with Gasteiger partial charge in [-0.25, -0.2) is 9.78 Å². The molecule has 11 nitrogen and oxygen atoms in total. The van der Waals surface area contributed by atoms with Crippen LogP contribution >= 0.6 is 11.3 Å². The highest BCUT2D eigenvalue weighted by molar-refractivity contribution is 7.16. The summed E-state index contributed by atoms with van der Waals surface area (Å²) < 4.78 is 5.42. The molecule has 0 aromatic carbocycles. The number of anilines is 3. The van der Waals surface area contributed by atoms with Crippen molar-refractivity contribution in [3.05, 3.63) is 23.2 Å². The Hall–Kier alpha value is -3.41. The number of carbonyl (C=O) groups is 2. The van der Waals surface area contributed by atoms with Gasteiger partial charge in [0.1, 0.15) is 22.8 Å². The van der Waals surface area contributed by atoms with Gasteiger partial charge >= 0.3 is 6.09 Å². The van der Waals surface area contributed by atoms with Crippen LogP contribution in [-0.2, 0) is 9.53 Å². The minimum atomic E-state index is -0.602. The molecule has 5 rings (SSSR count). The molecule has 12 heteroatoms. The Morgan fingerprint density at radius 3 is 2.63 bits per heavy atom. The molecule has 204 valence electrons. The predicted molar refractivity (Wildman–Crippen MR) is 148 cm³/mol. The first-order chi connectivity index (χ1) is 18.1. The van der Waals surface area contributed by atoms with Crippen molar-refractivity contribution in [1.82, 2.24) is 30.0 Å². The Morgan fingerprint density at radius 1 is 1.24 bits per heavy atom. The number of nitrogens with one attached hydrogen (secondary N) is 3. The maximum atomic E-state index is 13.3. The average molecular weight is 541 g/mol. The molecule has 2 bridgehead atoms. The summed E-state index contributed by atoms with van der Waals surface area (Å²) in [4.78, 5) is 39.5. The van der Waals surface area contributed by atoms with E-state index in [2.05, 4.69) is 20.8 Å². The molecule has 0 spiro atoms. The van der Waals surface area contributed by atoms with Gasteiger partial charge in [0.25, 0.3) is 0 Å². The number of thiophene rings is 1. The van der Waals surface area contributed by atoms with E-state index in [1.807, 2.05) is 50.1 Å². The van der Waals surface area contributed by atoms with Gasteiger partial charge in [0, 0.05) is 36.9 Å². The second kappa shape index (κ2) is 10.4. The normalized spacial score (nSPS) is 21.3. The molecule has 2 fully saturated rings. The molecule has 5 heterocycles. The molecular weight excluding hydrogens is 504 g/mol. The molecule has 0 radical (unpaired) electrons. The number of piperidine rings is 2. The monoisotopic (exact) mass is 540 g/mol. The van der Waals surface area contributed by atoms with E-state index in [-0.39, 0.29) is 30.6 Å². The van der Waals surface area contributed by atoms with Gasteiger partial charge in [-0.2, -0.15) is 10.1 Å². The number of likely N-dealkylation sites (N-methyl/N-ethyl adjacent to an activating group) is 1. The summed E-state index contributed by atoms with van der Waals surface area (Å²) >= 11 is 1.57. The fourth-order valence-corrected chi connectivity index (χ4v) is 6.16. The zero-order valence-corrected chi connectivity index (χ0v) is 23.4. The second-order valence-corrected chi connectivity index (χ2v) is 12.2. The molecular formula is C26H36N8O3S. The number of nitrogens with zero attached hydrogens (tertiary/aromatic N) is 5. The Morgan fingerprint density at radius 2 is 1.97 bits per heavy atom. The largest absolute Gasteiger partial charge is 0.444 e. The van der Waals surface area contributed by atoms with Gasteiger partial charge < -0.3 is 25.2 Å². The maximum absolute atomic E-state index is 13.3. The molecule has 2 saturated heterocycles. The van der Waals surface area contributed by atoms with Gasteiger partial charge in [-0.05, 0) is 71.2 Å². The number of fused-ring (bicyclic) bond motifs is 3. The predicted octanol–water partition coefficient (Wildman–Crippen LogP) is 4.66. The first kappa shape index (κ1) is 26.2. The van der Waals surface area contributed by atoms with E-state index < -0.39 is 11.7 Å². The summed E-state index contributed by atoms with van der Waals surface area (Å²) in [5.41, 5.74) is 0.363. The molecule has 2 amide bonds. The van der Waals surface area contributed by atoms with Crippen molar-refractivity contribution in [3.8, 4) is 0 Å². The average Bonchev–Trinajstić information content (AvgIpc) is 3.46. The van der Waals surface area contributed by atoms with E-state index in [1.165, 1.54) is 4.90 Å². The number of rotatable bonds is 6. The van der Waals surface area contributed by atoms with Crippen LogP contribution in [0.2, 0.25) is 0 Å². The highest BCUT2D eigenvalue weighted by atomic mass is 32.1. The zero-order chi connectivity index (χ0) is 27.0. The summed E-state index contributed by atoms with van der Waals surface area (Å²) in [5.74, 6) is 1.96. The number of aromatic nitrogens is 4. The number of aryl methyl sites for hydroxylation is 1. The quantitative estimate of drug-likeness (QED) is 0.412. The van der Waals surface area contributed by atoms with Gasteiger partial charge in [-0.1, -0.05) is 0 Å². The Balaban J connectivity index is 1.27. The number of carbonyl (C=O) groups excluding carboxylic acids is 2. The zero-order valence-electron chi connectivity index (χ0n) is 22.6. The molecule has 2 aliphatic heterocycles. The van der Waals surface area contributed by atoms with E-state index in [0.717, 1.165) is 48.0 Å². The second-order valence-electron chi connectivity index (χ2n) is 11.3. The third-order valence-corrected chi connectivity index (χ3v) is 7.76. The summed E-state index contributed by atoms with van der Waals surface area (Å²) in [6.45, 7) is 7.42. The minimum absolute atomic E-state index is 0.0137. The fourth-order valence-electron chi connectivity index (χ4n) is 5.40. The summed E-state index contributed by atoms with van der Waals surface area (Å²) in [6, 6.07) is 4.33. The van der Waals surface area contributed by atoms with E-state index in [1.54, 1.807) is 18.4 Å². The fraction of sp³-hybridized carbons (Fsp3) is 0.577. The maximum Gasteiger partial charge on any atom is 0.410 e. The summed E-state index contributed by atoms with van der Waals surface area (Å²) in [5, 5.41) is 17.1. The van der Waals surface area contributed by atoms with Crippen LogP contribution in [0, 0.1) is 6.92 Å². The topological polar surface area (TPSA) is 128 Å². The van der Waals surface area contributed by atoms with Crippen LogP contribution in [0.15, 0.2) is 17.5 Å². The molecule has 1 unspecified atom stereocenters. The lowest BCUT2D eigenvalue weighted by Crippen LogP contribution is -2.59. The van der Waals surface area contributed by atoms with Crippen LogP contribution in [0.5, 0.6) is 0 Å². The Kier molecular flexibility index (Phi) is 7.17.